The third-order valence-electron chi connectivity index (χ3n) is 2.05. The molecule has 0 radical (unpaired) electrons. The Balaban J connectivity index is 2.20. The first-order valence-electron chi connectivity index (χ1n) is 4.68. The van der Waals surface area contributed by atoms with Gasteiger partial charge in [-0.05, 0) is 6.07 Å². The second kappa shape index (κ2) is 5.38. The lowest BCUT2D eigenvalue weighted by molar-refractivity contribution is 0.608. The molecule has 0 amide bonds. The first-order chi connectivity index (χ1) is 7.81. The van der Waals surface area contributed by atoms with E-state index in [2.05, 4.69) is 10.2 Å². The maximum atomic E-state index is 13.6. The molecule has 0 saturated heterocycles. The van der Waals surface area contributed by atoms with Crippen molar-refractivity contribution in [2.45, 2.75) is 9.59 Å². The van der Waals surface area contributed by atoms with Gasteiger partial charge in [-0.25, -0.2) is 4.39 Å². The number of hydrogen-bond donors (Lipinski definition) is 1. The normalized spacial score (nSPS) is 12.6. The van der Waals surface area contributed by atoms with Gasteiger partial charge < -0.3 is 5.73 Å². The fourth-order valence-electron chi connectivity index (χ4n) is 1.31. The van der Waals surface area contributed by atoms with E-state index in [4.69, 9.17) is 5.73 Å². The molecule has 0 fully saturated rings. The van der Waals surface area contributed by atoms with Crippen molar-refractivity contribution < 1.29 is 4.39 Å². The molecule has 1 heterocycles. The molecule has 3 nitrogen and oxygen atoms in total. The summed E-state index contributed by atoms with van der Waals surface area (Å²) in [6.07, 6.45) is 0. The molecular weight excluding hydrogens is 245 g/mol. The van der Waals surface area contributed by atoms with Gasteiger partial charge in [0.2, 0.25) is 0 Å². The van der Waals surface area contributed by atoms with Crippen LogP contribution in [0.1, 0.15) is 10.8 Å². The van der Waals surface area contributed by atoms with Gasteiger partial charge in [0.15, 0.2) is 4.34 Å². The van der Waals surface area contributed by atoms with Crippen LogP contribution in [0.15, 0.2) is 34.1 Å². The summed E-state index contributed by atoms with van der Waals surface area (Å²) in [6.45, 7) is 0.366. The van der Waals surface area contributed by atoms with Gasteiger partial charge in [-0.3, -0.25) is 0 Å². The van der Waals surface area contributed by atoms with Gasteiger partial charge in [-0.2, -0.15) is 0 Å². The van der Waals surface area contributed by atoms with Crippen LogP contribution in [0, 0.1) is 5.82 Å². The van der Waals surface area contributed by atoms with Crippen molar-refractivity contribution in [2.75, 3.05) is 6.54 Å². The van der Waals surface area contributed by atoms with E-state index < -0.39 is 0 Å². The van der Waals surface area contributed by atoms with Gasteiger partial charge in [-0.1, -0.05) is 41.3 Å². The van der Waals surface area contributed by atoms with E-state index in [0.29, 0.717) is 12.1 Å². The van der Waals surface area contributed by atoms with Crippen LogP contribution in [-0.4, -0.2) is 16.7 Å². The quantitative estimate of drug-likeness (QED) is 0.853. The van der Waals surface area contributed by atoms with Gasteiger partial charge >= 0.3 is 0 Å². The Labute approximate surface area is 101 Å². The highest BCUT2D eigenvalue weighted by atomic mass is 32.2. The van der Waals surface area contributed by atoms with E-state index >= 15 is 0 Å². The molecule has 0 aliphatic carbocycles. The Morgan fingerprint density at radius 3 is 2.88 bits per heavy atom. The van der Waals surface area contributed by atoms with E-state index in [-0.39, 0.29) is 11.1 Å². The average molecular weight is 255 g/mol. The first kappa shape index (κ1) is 11.5. The van der Waals surface area contributed by atoms with Crippen LogP contribution in [0.5, 0.6) is 0 Å². The zero-order chi connectivity index (χ0) is 11.4. The predicted molar refractivity (Wildman–Crippen MR) is 64.0 cm³/mol. The molecule has 1 unspecified atom stereocenters. The topological polar surface area (TPSA) is 51.8 Å². The van der Waals surface area contributed by atoms with Crippen LogP contribution >= 0.6 is 23.1 Å². The Morgan fingerprint density at radius 2 is 2.25 bits per heavy atom. The lowest BCUT2D eigenvalue weighted by atomic mass is 10.1. The molecular formula is C10H10FN3S2. The maximum Gasteiger partial charge on any atom is 0.174 e. The van der Waals surface area contributed by atoms with Crippen LogP contribution in [0.25, 0.3) is 0 Å². The minimum atomic E-state index is -0.227. The zero-order valence-corrected chi connectivity index (χ0v) is 9.97. The average Bonchev–Trinajstić information content (AvgIpc) is 2.80. The molecule has 84 valence electrons. The summed E-state index contributed by atoms with van der Waals surface area (Å²) in [5, 5.41) is 7.53. The van der Waals surface area contributed by atoms with Crippen LogP contribution in [0.4, 0.5) is 4.39 Å². The highest BCUT2D eigenvalue weighted by Gasteiger charge is 2.16. The van der Waals surface area contributed by atoms with Gasteiger partial charge in [0, 0.05) is 12.1 Å². The van der Waals surface area contributed by atoms with Crippen LogP contribution in [0.2, 0.25) is 0 Å². The highest BCUT2D eigenvalue weighted by molar-refractivity contribution is 8.01. The van der Waals surface area contributed by atoms with Gasteiger partial charge in [-0.15, -0.1) is 10.2 Å². The summed E-state index contributed by atoms with van der Waals surface area (Å²) < 4.78 is 14.4. The van der Waals surface area contributed by atoms with E-state index in [1.807, 2.05) is 6.07 Å². The third-order valence-corrected chi connectivity index (χ3v) is 4.12. The minimum absolute atomic E-state index is 0.117. The van der Waals surface area contributed by atoms with Gasteiger partial charge in [0.25, 0.3) is 0 Å². The molecule has 0 spiro atoms. The lowest BCUT2D eigenvalue weighted by Gasteiger charge is -2.13. The fourth-order valence-corrected chi connectivity index (χ4v) is 3.04. The first-order valence-corrected chi connectivity index (χ1v) is 6.44. The monoisotopic (exact) mass is 255 g/mol. The smallest absolute Gasteiger partial charge is 0.174 e. The Bertz CT molecular complexity index is 447. The number of nitrogens with zero attached hydrogens (tertiary/aromatic N) is 2. The number of nitrogens with two attached hydrogens (primary N) is 1. The highest BCUT2D eigenvalue weighted by Crippen LogP contribution is 2.35. The molecule has 1 aromatic carbocycles. The van der Waals surface area contributed by atoms with Crippen LogP contribution in [-0.2, 0) is 0 Å². The van der Waals surface area contributed by atoms with E-state index in [1.165, 1.54) is 29.2 Å². The van der Waals surface area contributed by atoms with Gasteiger partial charge in [0.05, 0.1) is 5.25 Å². The van der Waals surface area contributed by atoms with Crippen molar-refractivity contribution in [3.8, 4) is 0 Å². The van der Waals surface area contributed by atoms with E-state index in [9.17, 15) is 4.39 Å². The molecule has 2 aromatic rings. The number of thioether (sulfide) groups is 1. The molecule has 0 aliphatic heterocycles. The Hall–Kier alpha value is -0.980. The fraction of sp³-hybridized carbons (Fsp3) is 0.200. The van der Waals surface area contributed by atoms with Crippen LogP contribution < -0.4 is 5.73 Å². The molecule has 6 heteroatoms. The van der Waals surface area contributed by atoms with Crippen molar-refractivity contribution in [1.82, 2.24) is 10.2 Å². The Morgan fingerprint density at radius 1 is 1.44 bits per heavy atom. The summed E-state index contributed by atoms with van der Waals surface area (Å²) >= 11 is 2.87. The third kappa shape index (κ3) is 2.58. The maximum absolute atomic E-state index is 13.6. The van der Waals surface area contributed by atoms with Crippen molar-refractivity contribution in [3.05, 3.63) is 41.2 Å². The molecule has 0 aliphatic rings. The number of halogens is 1. The molecule has 1 atom stereocenters. The van der Waals surface area contributed by atoms with Gasteiger partial charge in [0.1, 0.15) is 11.3 Å². The van der Waals surface area contributed by atoms with Crippen molar-refractivity contribution in [2.24, 2.45) is 5.73 Å². The summed E-state index contributed by atoms with van der Waals surface area (Å²) in [5.74, 6) is -0.227. The van der Waals surface area contributed by atoms with Crippen molar-refractivity contribution in [3.63, 3.8) is 0 Å². The lowest BCUT2D eigenvalue weighted by Crippen LogP contribution is -2.10. The number of aromatic nitrogens is 2. The molecule has 2 N–H and O–H groups in total. The SMILES string of the molecule is NCC(Sc1nncs1)c1ccccc1F. The summed E-state index contributed by atoms with van der Waals surface area (Å²) in [6, 6.07) is 6.67. The molecule has 0 saturated carbocycles. The van der Waals surface area contributed by atoms with Crippen molar-refractivity contribution >= 4 is 23.1 Å². The summed E-state index contributed by atoms with van der Waals surface area (Å²) in [7, 11) is 0. The number of benzene rings is 1. The summed E-state index contributed by atoms with van der Waals surface area (Å²) in [5.41, 5.74) is 7.93. The second-order valence-corrected chi connectivity index (χ2v) is 5.35. The van der Waals surface area contributed by atoms with Crippen LogP contribution in [0.3, 0.4) is 0 Å². The molecule has 2 rings (SSSR count). The Kier molecular flexibility index (Phi) is 3.87. The zero-order valence-electron chi connectivity index (χ0n) is 8.34. The van der Waals surface area contributed by atoms with E-state index in [1.54, 1.807) is 17.6 Å². The number of hydrogen-bond acceptors (Lipinski definition) is 5. The minimum Gasteiger partial charge on any atom is -0.329 e. The second-order valence-electron chi connectivity index (χ2n) is 3.07. The molecule has 1 aromatic heterocycles. The van der Waals surface area contributed by atoms with Crippen molar-refractivity contribution in [1.29, 1.82) is 0 Å². The largest absolute Gasteiger partial charge is 0.329 e. The summed E-state index contributed by atoms with van der Waals surface area (Å²) in [4.78, 5) is 0. The molecule has 0 bridgehead atoms. The predicted octanol–water partition coefficient (Wildman–Crippen LogP) is 2.47. The van der Waals surface area contributed by atoms with E-state index in [0.717, 1.165) is 4.34 Å². The standard InChI is InChI=1S/C10H10FN3S2/c11-8-4-2-1-3-7(8)9(5-12)16-10-14-13-6-15-10/h1-4,6,9H,5,12H2. The molecule has 16 heavy (non-hydrogen) atoms. The number of rotatable bonds is 4.